The van der Waals surface area contributed by atoms with E-state index in [-0.39, 0.29) is 0 Å². The highest BCUT2D eigenvalue weighted by Gasteiger charge is 2.21. The van der Waals surface area contributed by atoms with Gasteiger partial charge in [0.2, 0.25) is 0 Å². The van der Waals surface area contributed by atoms with E-state index in [4.69, 9.17) is 9.40 Å². The van der Waals surface area contributed by atoms with Gasteiger partial charge in [0, 0.05) is 44.5 Å². The minimum Gasteiger partial charge on any atom is -0.456 e. The van der Waals surface area contributed by atoms with Gasteiger partial charge in [0.05, 0.1) is 15.9 Å². The summed E-state index contributed by atoms with van der Waals surface area (Å²) < 4.78 is 8.76. The summed E-state index contributed by atoms with van der Waals surface area (Å²) in [5, 5.41) is 5.94. The number of thiophene rings is 1. The number of hydrogen-bond donors (Lipinski definition) is 0. The van der Waals surface area contributed by atoms with Crippen LogP contribution >= 0.6 is 11.3 Å². The Morgan fingerprint density at radius 1 is 0.512 bits per heavy atom. The highest BCUT2D eigenvalue weighted by Crippen LogP contribution is 2.46. The molecule has 202 valence electrons. The van der Waals surface area contributed by atoms with Crippen molar-refractivity contribution in [1.82, 2.24) is 4.98 Å². The summed E-state index contributed by atoms with van der Waals surface area (Å²) in [6.07, 6.45) is 1.93. The summed E-state index contributed by atoms with van der Waals surface area (Å²) in [4.78, 5) is 7.24. The molecular weight excluding hydrogens is 545 g/mol. The summed E-state index contributed by atoms with van der Waals surface area (Å²) in [5.74, 6) is 0. The molecule has 0 fully saturated rings. The topological polar surface area (TPSA) is 29.3 Å². The van der Waals surface area contributed by atoms with Gasteiger partial charge in [0.25, 0.3) is 0 Å². The molecule has 6 aromatic carbocycles. The molecule has 0 bridgehead atoms. The zero-order chi connectivity index (χ0) is 28.3. The zero-order valence-corrected chi connectivity index (χ0v) is 23.9. The van der Waals surface area contributed by atoms with Crippen LogP contribution in [0.4, 0.5) is 17.1 Å². The van der Waals surface area contributed by atoms with E-state index in [0.29, 0.717) is 0 Å². The van der Waals surface area contributed by atoms with Crippen molar-refractivity contribution in [3.8, 4) is 11.1 Å². The van der Waals surface area contributed by atoms with Crippen LogP contribution in [-0.2, 0) is 0 Å². The number of para-hydroxylation sites is 1. The molecule has 0 aliphatic rings. The standard InChI is InChI=1S/C39H24N2OS/c1-2-8-25(9-3-1)26-14-17-28(18-15-26)41(29-19-21-32-31-12-6-7-13-35(31)42-36(32)24-29)34-22-23-40-37-33-20-16-27-10-4-5-11-30(27)38(33)43-39(34)37/h1-24H. The number of aromatic nitrogens is 1. The molecule has 0 unspecified atom stereocenters. The van der Waals surface area contributed by atoms with E-state index >= 15 is 0 Å². The number of pyridine rings is 1. The third-order valence-electron chi connectivity index (χ3n) is 8.32. The van der Waals surface area contributed by atoms with Crippen molar-refractivity contribution in [3.05, 3.63) is 146 Å². The van der Waals surface area contributed by atoms with Gasteiger partial charge in [-0.25, -0.2) is 0 Å². The molecule has 9 aromatic rings. The smallest absolute Gasteiger partial charge is 0.137 e. The molecule has 3 nitrogen and oxygen atoms in total. The molecule has 0 saturated heterocycles. The minimum atomic E-state index is 0.872. The number of furan rings is 1. The Kier molecular flexibility index (Phi) is 5.37. The number of hydrogen-bond acceptors (Lipinski definition) is 4. The molecule has 0 aliphatic heterocycles. The van der Waals surface area contributed by atoms with Gasteiger partial charge in [0.1, 0.15) is 11.2 Å². The third kappa shape index (κ3) is 3.84. The van der Waals surface area contributed by atoms with Crippen LogP contribution in [0.5, 0.6) is 0 Å². The lowest BCUT2D eigenvalue weighted by Gasteiger charge is -2.26. The molecule has 4 heteroatoms. The van der Waals surface area contributed by atoms with Crippen molar-refractivity contribution in [2.45, 2.75) is 0 Å². The lowest BCUT2D eigenvalue weighted by molar-refractivity contribution is 0.669. The molecule has 43 heavy (non-hydrogen) atoms. The van der Waals surface area contributed by atoms with Crippen molar-refractivity contribution in [1.29, 1.82) is 0 Å². The number of benzene rings is 6. The minimum absolute atomic E-state index is 0.872. The monoisotopic (exact) mass is 568 g/mol. The second-order valence-electron chi connectivity index (χ2n) is 10.8. The summed E-state index contributed by atoms with van der Waals surface area (Å²) >= 11 is 1.82. The molecule has 0 aliphatic carbocycles. The number of anilines is 3. The Labute approximate surface area is 251 Å². The quantitative estimate of drug-likeness (QED) is 0.211. The normalized spacial score (nSPS) is 11.7. The first-order valence-electron chi connectivity index (χ1n) is 14.4. The average Bonchev–Trinajstić information content (AvgIpc) is 3.64. The van der Waals surface area contributed by atoms with Gasteiger partial charge in [-0.1, -0.05) is 97.1 Å². The Bertz CT molecular complexity index is 2460. The fourth-order valence-corrected chi connectivity index (χ4v) is 7.56. The lowest BCUT2D eigenvalue weighted by atomic mass is 10.0. The molecule has 0 N–H and O–H groups in total. The van der Waals surface area contributed by atoms with Gasteiger partial charge in [-0.2, -0.15) is 0 Å². The second kappa shape index (κ2) is 9.55. The van der Waals surface area contributed by atoms with Gasteiger partial charge < -0.3 is 9.32 Å². The zero-order valence-electron chi connectivity index (χ0n) is 23.1. The maximum Gasteiger partial charge on any atom is 0.137 e. The van der Waals surface area contributed by atoms with Crippen molar-refractivity contribution in [2.24, 2.45) is 0 Å². The van der Waals surface area contributed by atoms with Gasteiger partial charge in [-0.3, -0.25) is 4.98 Å². The van der Waals surface area contributed by atoms with Crippen LogP contribution in [0.3, 0.4) is 0 Å². The van der Waals surface area contributed by atoms with Crippen LogP contribution in [0, 0.1) is 0 Å². The third-order valence-corrected chi connectivity index (χ3v) is 9.57. The van der Waals surface area contributed by atoms with Crippen LogP contribution in [-0.4, -0.2) is 4.98 Å². The Morgan fingerprint density at radius 2 is 1.21 bits per heavy atom. The van der Waals surface area contributed by atoms with Crippen molar-refractivity contribution >= 4 is 81.4 Å². The molecule has 0 saturated carbocycles. The molecule has 0 spiro atoms. The van der Waals surface area contributed by atoms with Gasteiger partial charge >= 0.3 is 0 Å². The summed E-state index contributed by atoms with van der Waals surface area (Å²) in [5.41, 5.74) is 8.39. The summed E-state index contributed by atoms with van der Waals surface area (Å²) in [6, 6.07) is 49.3. The van der Waals surface area contributed by atoms with Crippen molar-refractivity contribution in [2.75, 3.05) is 4.90 Å². The summed E-state index contributed by atoms with van der Waals surface area (Å²) in [7, 11) is 0. The Morgan fingerprint density at radius 3 is 2.09 bits per heavy atom. The van der Waals surface area contributed by atoms with E-state index in [1.54, 1.807) is 0 Å². The van der Waals surface area contributed by atoms with E-state index in [9.17, 15) is 0 Å². The predicted octanol–water partition coefficient (Wildman–Crippen LogP) is 11.6. The highest BCUT2D eigenvalue weighted by molar-refractivity contribution is 7.27. The van der Waals surface area contributed by atoms with Crippen LogP contribution in [0.2, 0.25) is 0 Å². The molecule has 0 amide bonds. The van der Waals surface area contributed by atoms with Crippen LogP contribution in [0.1, 0.15) is 0 Å². The first-order chi connectivity index (χ1) is 21.3. The van der Waals surface area contributed by atoms with Crippen LogP contribution in [0.25, 0.3) is 64.1 Å². The van der Waals surface area contributed by atoms with E-state index in [0.717, 1.165) is 49.2 Å². The van der Waals surface area contributed by atoms with E-state index in [1.807, 2.05) is 29.7 Å². The average molecular weight is 569 g/mol. The molecule has 9 rings (SSSR count). The van der Waals surface area contributed by atoms with Crippen LogP contribution < -0.4 is 4.90 Å². The first-order valence-corrected chi connectivity index (χ1v) is 15.2. The molecule has 0 atom stereocenters. The lowest BCUT2D eigenvalue weighted by Crippen LogP contribution is -2.10. The molecule has 3 heterocycles. The van der Waals surface area contributed by atoms with E-state index in [2.05, 4.69) is 132 Å². The van der Waals surface area contributed by atoms with Crippen molar-refractivity contribution < 1.29 is 4.42 Å². The Hall–Kier alpha value is -5.45. The fourth-order valence-electron chi connectivity index (χ4n) is 6.26. The number of rotatable bonds is 4. The maximum absolute atomic E-state index is 6.34. The van der Waals surface area contributed by atoms with Gasteiger partial charge in [-0.05, 0) is 58.3 Å². The van der Waals surface area contributed by atoms with E-state index < -0.39 is 0 Å². The number of nitrogens with zero attached hydrogens (tertiary/aromatic N) is 2. The SMILES string of the molecule is c1ccc(-c2ccc(N(c3ccc4c(c3)oc3ccccc34)c3ccnc4c3sc3c5ccccc5ccc43)cc2)cc1. The Balaban J connectivity index is 1.29. The molecule has 3 aromatic heterocycles. The largest absolute Gasteiger partial charge is 0.456 e. The number of fused-ring (bicyclic) bond motifs is 8. The van der Waals surface area contributed by atoms with Gasteiger partial charge in [0.15, 0.2) is 0 Å². The fraction of sp³-hybridized carbons (Fsp3) is 0. The van der Waals surface area contributed by atoms with Crippen LogP contribution in [0.15, 0.2) is 150 Å². The van der Waals surface area contributed by atoms with Crippen molar-refractivity contribution in [3.63, 3.8) is 0 Å². The second-order valence-corrected chi connectivity index (χ2v) is 11.8. The maximum atomic E-state index is 6.34. The van der Waals surface area contributed by atoms with Gasteiger partial charge in [-0.15, -0.1) is 11.3 Å². The molecule has 0 radical (unpaired) electrons. The van der Waals surface area contributed by atoms with E-state index in [1.165, 1.54) is 32.0 Å². The molecular formula is C39H24N2OS. The highest BCUT2D eigenvalue weighted by atomic mass is 32.1. The summed E-state index contributed by atoms with van der Waals surface area (Å²) in [6.45, 7) is 0. The predicted molar refractivity (Wildman–Crippen MR) is 182 cm³/mol. The first kappa shape index (κ1) is 24.2.